The lowest BCUT2D eigenvalue weighted by Gasteiger charge is -2.01. The van der Waals surface area contributed by atoms with Crippen LogP contribution in [0.4, 0.5) is 0 Å². The summed E-state index contributed by atoms with van der Waals surface area (Å²) >= 11 is 0. The third kappa shape index (κ3) is 4.13. The van der Waals surface area contributed by atoms with E-state index in [1.807, 2.05) is 12.2 Å². The smallest absolute Gasteiger partial charge is 0.0222 e. The second-order valence-electron chi connectivity index (χ2n) is 2.62. The second-order valence-corrected chi connectivity index (χ2v) is 2.62. The predicted octanol–water partition coefficient (Wildman–Crippen LogP) is 3.33. The quantitative estimate of drug-likeness (QED) is 0.411. The minimum absolute atomic E-state index is 0.593. The van der Waals surface area contributed by atoms with E-state index in [0.717, 1.165) is 6.42 Å². The van der Waals surface area contributed by atoms with Crippen LogP contribution in [0.15, 0.2) is 37.0 Å². The monoisotopic (exact) mass is 136 g/mol. The van der Waals surface area contributed by atoms with E-state index in [0.29, 0.717) is 5.92 Å². The van der Waals surface area contributed by atoms with Gasteiger partial charge in [-0.3, -0.25) is 0 Å². The van der Waals surface area contributed by atoms with Crippen LogP contribution in [0, 0.1) is 5.92 Å². The van der Waals surface area contributed by atoms with Crippen LogP contribution in [0.25, 0.3) is 0 Å². The number of hydrogen-bond donors (Lipinski definition) is 0. The normalized spacial score (nSPS) is 14.4. The van der Waals surface area contributed by atoms with E-state index in [2.05, 4.69) is 33.1 Å². The van der Waals surface area contributed by atoms with Gasteiger partial charge in [0.05, 0.1) is 0 Å². The number of hydrogen-bond acceptors (Lipinski definition) is 0. The molecule has 0 N–H and O–H groups in total. The molecule has 0 heterocycles. The molecule has 0 amide bonds. The van der Waals surface area contributed by atoms with E-state index < -0.39 is 0 Å². The Morgan fingerprint density at radius 2 is 2.10 bits per heavy atom. The summed E-state index contributed by atoms with van der Waals surface area (Å²) in [4.78, 5) is 0. The van der Waals surface area contributed by atoms with Gasteiger partial charge in [0.25, 0.3) is 0 Å². The summed E-state index contributed by atoms with van der Waals surface area (Å²) in [6, 6.07) is 0. The molecule has 10 heavy (non-hydrogen) atoms. The summed E-state index contributed by atoms with van der Waals surface area (Å²) in [6.07, 6.45) is 7.07. The van der Waals surface area contributed by atoms with Crippen molar-refractivity contribution in [3.8, 4) is 0 Å². The van der Waals surface area contributed by atoms with Crippen LogP contribution in [0.2, 0.25) is 0 Å². The Labute approximate surface area is 64.0 Å². The van der Waals surface area contributed by atoms with E-state index in [1.165, 1.54) is 5.57 Å². The zero-order chi connectivity index (χ0) is 7.98. The van der Waals surface area contributed by atoms with Crippen molar-refractivity contribution < 1.29 is 0 Å². The predicted molar refractivity (Wildman–Crippen MR) is 47.9 cm³/mol. The SMILES string of the molecule is C=CCC(C)/C=C(/C)C=C. The highest BCUT2D eigenvalue weighted by Gasteiger charge is 1.92. The third-order valence-corrected chi connectivity index (χ3v) is 1.41. The van der Waals surface area contributed by atoms with Crippen molar-refractivity contribution in [2.24, 2.45) is 5.92 Å². The van der Waals surface area contributed by atoms with Crippen molar-refractivity contribution in [1.82, 2.24) is 0 Å². The maximum Gasteiger partial charge on any atom is -0.0222 e. The molecule has 0 aromatic rings. The van der Waals surface area contributed by atoms with Crippen LogP contribution < -0.4 is 0 Å². The summed E-state index contributed by atoms with van der Waals surface area (Å²) < 4.78 is 0. The van der Waals surface area contributed by atoms with Crippen LogP contribution in [-0.4, -0.2) is 0 Å². The number of rotatable bonds is 4. The van der Waals surface area contributed by atoms with Crippen molar-refractivity contribution in [2.45, 2.75) is 20.3 Å². The van der Waals surface area contributed by atoms with Crippen LogP contribution >= 0.6 is 0 Å². The lowest BCUT2D eigenvalue weighted by atomic mass is 10.1. The fourth-order valence-electron chi connectivity index (χ4n) is 0.848. The lowest BCUT2D eigenvalue weighted by Crippen LogP contribution is -1.86. The molecule has 0 fully saturated rings. The standard InChI is InChI=1S/C10H16/c1-5-7-10(4)8-9(3)6-2/h5-6,8,10H,1-2,7H2,3-4H3/b9-8-. The van der Waals surface area contributed by atoms with E-state index >= 15 is 0 Å². The van der Waals surface area contributed by atoms with Gasteiger partial charge in [0, 0.05) is 0 Å². The molecular weight excluding hydrogens is 120 g/mol. The molecule has 1 unspecified atom stereocenters. The van der Waals surface area contributed by atoms with Crippen LogP contribution in [0.5, 0.6) is 0 Å². The largest absolute Gasteiger partial charge is 0.103 e. The van der Waals surface area contributed by atoms with Gasteiger partial charge in [0.15, 0.2) is 0 Å². The maximum atomic E-state index is 3.68. The summed E-state index contributed by atoms with van der Waals surface area (Å²) in [5.74, 6) is 0.593. The summed E-state index contributed by atoms with van der Waals surface area (Å²) in [7, 11) is 0. The Kier molecular flexibility index (Phi) is 4.65. The summed E-state index contributed by atoms with van der Waals surface area (Å²) in [5, 5.41) is 0. The molecule has 0 radical (unpaired) electrons. The Balaban J connectivity index is 3.84. The van der Waals surface area contributed by atoms with Gasteiger partial charge in [-0.25, -0.2) is 0 Å². The van der Waals surface area contributed by atoms with Gasteiger partial charge >= 0.3 is 0 Å². The molecule has 0 saturated heterocycles. The van der Waals surface area contributed by atoms with Crippen LogP contribution in [-0.2, 0) is 0 Å². The minimum atomic E-state index is 0.593. The first-order chi connectivity index (χ1) is 4.70. The molecule has 0 aromatic carbocycles. The average molecular weight is 136 g/mol. The fourth-order valence-corrected chi connectivity index (χ4v) is 0.848. The Morgan fingerprint density at radius 3 is 2.50 bits per heavy atom. The zero-order valence-electron chi connectivity index (χ0n) is 6.93. The van der Waals surface area contributed by atoms with Crippen LogP contribution in [0.3, 0.4) is 0 Å². The first-order valence-electron chi connectivity index (χ1n) is 3.62. The van der Waals surface area contributed by atoms with Gasteiger partial charge in [-0.05, 0) is 19.3 Å². The second kappa shape index (κ2) is 5.04. The molecule has 56 valence electrons. The highest BCUT2D eigenvalue weighted by molar-refractivity contribution is 5.13. The van der Waals surface area contributed by atoms with Gasteiger partial charge in [-0.1, -0.05) is 37.3 Å². The van der Waals surface area contributed by atoms with Crippen molar-refractivity contribution in [3.05, 3.63) is 37.0 Å². The average Bonchev–Trinajstić information content (AvgIpc) is 1.88. The third-order valence-electron chi connectivity index (χ3n) is 1.41. The molecule has 0 aliphatic heterocycles. The molecule has 0 saturated carbocycles. The Bertz CT molecular complexity index is 140. The van der Waals surface area contributed by atoms with Gasteiger partial charge in [-0.2, -0.15) is 0 Å². The van der Waals surface area contributed by atoms with Gasteiger partial charge in [0.1, 0.15) is 0 Å². The summed E-state index contributed by atoms with van der Waals surface area (Å²) in [5.41, 5.74) is 1.24. The molecule has 0 heteroatoms. The lowest BCUT2D eigenvalue weighted by molar-refractivity contribution is 0.741. The molecule has 0 aromatic heterocycles. The van der Waals surface area contributed by atoms with Gasteiger partial charge in [0.2, 0.25) is 0 Å². The summed E-state index contributed by atoms with van der Waals surface area (Å²) in [6.45, 7) is 11.6. The highest BCUT2D eigenvalue weighted by Crippen LogP contribution is 2.07. The number of allylic oxidation sites excluding steroid dienone is 4. The highest BCUT2D eigenvalue weighted by atomic mass is 14.0. The Hall–Kier alpha value is -0.780. The topological polar surface area (TPSA) is 0 Å². The zero-order valence-corrected chi connectivity index (χ0v) is 6.93. The van der Waals surface area contributed by atoms with E-state index in [1.54, 1.807) is 0 Å². The van der Waals surface area contributed by atoms with E-state index in [4.69, 9.17) is 0 Å². The van der Waals surface area contributed by atoms with Crippen molar-refractivity contribution >= 4 is 0 Å². The van der Waals surface area contributed by atoms with Crippen LogP contribution in [0.1, 0.15) is 20.3 Å². The van der Waals surface area contributed by atoms with Gasteiger partial charge in [-0.15, -0.1) is 6.58 Å². The first-order valence-corrected chi connectivity index (χ1v) is 3.62. The minimum Gasteiger partial charge on any atom is -0.103 e. The van der Waals surface area contributed by atoms with Gasteiger partial charge < -0.3 is 0 Å². The maximum absolute atomic E-state index is 3.68. The molecule has 1 atom stereocenters. The molecule has 0 aliphatic carbocycles. The molecule has 0 nitrogen and oxygen atoms in total. The molecule has 0 bridgehead atoms. The van der Waals surface area contributed by atoms with E-state index in [-0.39, 0.29) is 0 Å². The molecule has 0 rings (SSSR count). The van der Waals surface area contributed by atoms with Crippen molar-refractivity contribution in [2.75, 3.05) is 0 Å². The fraction of sp³-hybridized carbons (Fsp3) is 0.400. The molecule has 0 aliphatic rings. The molecule has 0 spiro atoms. The Morgan fingerprint density at radius 1 is 1.50 bits per heavy atom. The van der Waals surface area contributed by atoms with E-state index in [9.17, 15) is 0 Å². The van der Waals surface area contributed by atoms with Crippen molar-refractivity contribution in [1.29, 1.82) is 0 Å². The van der Waals surface area contributed by atoms with Crippen molar-refractivity contribution in [3.63, 3.8) is 0 Å². The molecular formula is C10H16. The first kappa shape index (κ1) is 9.22.